The number of phenols is 2. The highest BCUT2D eigenvalue weighted by Crippen LogP contribution is 2.54. The number of esters is 2. The van der Waals surface area contributed by atoms with Gasteiger partial charge >= 0.3 is 11.9 Å². The maximum atomic E-state index is 13.7. The van der Waals surface area contributed by atoms with Crippen molar-refractivity contribution in [2.75, 3.05) is 42.7 Å². The summed E-state index contributed by atoms with van der Waals surface area (Å²) in [7, 11) is 7.09. The summed E-state index contributed by atoms with van der Waals surface area (Å²) in [6.07, 6.45) is 0. The molecule has 12 nitrogen and oxygen atoms in total. The summed E-state index contributed by atoms with van der Waals surface area (Å²) >= 11 is 0. The molecule has 206 valence electrons. The van der Waals surface area contributed by atoms with Gasteiger partial charge in [0.05, 0.1) is 53.4 Å². The number of hydrogen-bond donors (Lipinski definition) is 2. The molecule has 0 bridgehead atoms. The highest BCUT2D eigenvalue weighted by Gasteiger charge is 2.36. The molecule has 5 rings (SSSR count). The van der Waals surface area contributed by atoms with Gasteiger partial charge in [-0.2, -0.15) is 0 Å². The highest BCUT2D eigenvalue weighted by atomic mass is 16.5. The summed E-state index contributed by atoms with van der Waals surface area (Å²) in [5, 5.41) is 21.8. The molecule has 12 heteroatoms. The van der Waals surface area contributed by atoms with Gasteiger partial charge in [-0.3, -0.25) is 9.59 Å². The number of ether oxygens (including phenoxy) is 6. The van der Waals surface area contributed by atoms with E-state index in [0.29, 0.717) is 0 Å². The lowest BCUT2D eigenvalue weighted by Gasteiger charge is -2.23. The molecule has 0 atom stereocenters. The van der Waals surface area contributed by atoms with Crippen molar-refractivity contribution in [2.45, 2.75) is 0 Å². The van der Waals surface area contributed by atoms with Gasteiger partial charge in [-0.15, -0.1) is 0 Å². The van der Waals surface area contributed by atoms with E-state index in [1.807, 2.05) is 0 Å². The van der Waals surface area contributed by atoms with Gasteiger partial charge in [0.2, 0.25) is 5.43 Å². The van der Waals surface area contributed by atoms with Crippen LogP contribution in [0.2, 0.25) is 0 Å². The summed E-state index contributed by atoms with van der Waals surface area (Å²) in [6.45, 7) is 0. The van der Waals surface area contributed by atoms with E-state index in [1.165, 1.54) is 27.4 Å². The van der Waals surface area contributed by atoms with E-state index in [4.69, 9.17) is 28.4 Å². The molecule has 2 N–H and O–H groups in total. The number of methoxy groups -OCH3 is 6. The largest absolute Gasteiger partial charge is 0.507 e. The van der Waals surface area contributed by atoms with Crippen LogP contribution < -0.4 is 29.8 Å². The van der Waals surface area contributed by atoms with Crippen LogP contribution in [0.3, 0.4) is 0 Å². The average molecular weight is 550 g/mol. The topological polar surface area (TPSA) is 164 Å². The van der Waals surface area contributed by atoms with Crippen molar-refractivity contribution in [1.29, 1.82) is 0 Å². The van der Waals surface area contributed by atoms with E-state index < -0.39 is 51.4 Å². The Kier molecular flexibility index (Phi) is 6.05. The minimum atomic E-state index is -1.02. The third-order valence-electron chi connectivity index (χ3n) is 6.99. The summed E-state index contributed by atoms with van der Waals surface area (Å²) in [5.74, 6) is -4.10. The number of phenolic OH excluding ortho intramolecular Hbond substituents is 2. The number of fused-ring (bicyclic) bond motifs is 2. The minimum Gasteiger partial charge on any atom is -0.507 e. The standard InChI is InChI=1S/C28H22O12/c1-35-11-7-9(29)13-17-15(11)16-12(36-2)8-10(30)14-18(16)20(22(28(34)40-6)26(38-4)24(14)32)19(17)21(27(33)39-5)25(37-3)23(13)31/h7-8,29,32H,1-6H3. The van der Waals surface area contributed by atoms with Gasteiger partial charge in [0, 0.05) is 44.5 Å². The predicted molar refractivity (Wildman–Crippen MR) is 144 cm³/mol. The van der Waals surface area contributed by atoms with Crippen molar-refractivity contribution in [3.8, 4) is 34.5 Å². The Balaban J connectivity index is 2.45. The number of benzene rings is 5. The van der Waals surface area contributed by atoms with Gasteiger partial charge in [-0.1, -0.05) is 0 Å². The molecule has 0 unspecified atom stereocenters. The third-order valence-corrected chi connectivity index (χ3v) is 6.99. The molecule has 0 saturated carbocycles. The van der Waals surface area contributed by atoms with Crippen molar-refractivity contribution in [1.82, 2.24) is 0 Å². The van der Waals surface area contributed by atoms with Gasteiger partial charge in [-0.05, 0) is 0 Å². The summed E-state index contributed by atoms with van der Waals surface area (Å²) in [4.78, 5) is 53.8. The third kappa shape index (κ3) is 3.12. The first-order valence-electron chi connectivity index (χ1n) is 11.6. The molecule has 40 heavy (non-hydrogen) atoms. The second kappa shape index (κ2) is 9.19. The van der Waals surface area contributed by atoms with Crippen molar-refractivity contribution in [3.63, 3.8) is 0 Å². The molecule has 5 aromatic carbocycles. The first kappa shape index (κ1) is 26.4. The lowest BCUT2D eigenvalue weighted by atomic mass is 9.83. The fraction of sp³-hybridized carbons (Fsp3) is 0.214. The normalized spacial score (nSPS) is 11.3. The Morgan fingerprint density at radius 2 is 1.05 bits per heavy atom. The number of hydrogen-bond acceptors (Lipinski definition) is 12. The van der Waals surface area contributed by atoms with E-state index >= 15 is 0 Å². The van der Waals surface area contributed by atoms with Crippen LogP contribution >= 0.6 is 0 Å². The fourth-order valence-electron chi connectivity index (χ4n) is 5.49. The Bertz CT molecular complexity index is 1990. The lowest BCUT2D eigenvalue weighted by molar-refractivity contribution is 0.0588. The van der Waals surface area contributed by atoms with Crippen molar-refractivity contribution in [2.24, 2.45) is 0 Å². The first-order valence-corrected chi connectivity index (χ1v) is 11.6. The first-order chi connectivity index (χ1) is 19.1. The lowest BCUT2D eigenvalue weighted by Crippen LogP contribution is -2.17. The molecule has 0 aliphatic rings. The van der Waals surface area contributed by atoms with E-state index in [-0.39, 0.29) is 60.2 Å². The second-order valence-corrected chi connectivity index (χ2v) is 8.65. The molecule has 0 saturated heterocycles. The molecule has 0 spiro atoms. The molecule has 0 aromatic heterocycles. The Hall–Kier alpha value is -5.26. The summed E-state index contributed by atoms with van der Waals surface area (Å²) in [5.41, 5.74) is -2.33. The van der Waals surface area contributed by atoms with Crippen molar-refractivity contribution < 1.29 is 48.2 Å². The van der Waals surface area contributed by atoms with Gasteiger partial charge in [0.15, 0.2) is 22.7 Å². The van der Waals surface area contributed by atoms with Gasteiger partial charge in [-0.25, -0.2) is 9.59 Å². The maximum Gasteiger partial charge on any atom is 0.342 e. The quantitative estimate of drug-likeness (QED) is 0.181. The van der Waals surface area contributed by atoms with Crippen LogP contribution in [0, 0.1) is 0 Å². The molecule has 0 aliphatic heterocycles. The maximum absolute atomic E-state index is 13.7. The molecule has 0 heterocycles. The molecular formula is C28H22O12. The van der Waals surface area contributed by atoms with Crippen LogP contribution in [0.15, 0.2) is 21.7 Å². The predicted octanol–water partition coefficient (Wildman–Crippen LogP) is 2.91. The SMILES string of the molecule is COC(=O)c1c(OC)c(O)c2c(=O)cc(OC)c3c4c(OC)cc(O)c5c(=O)c(OC)c(C(=O)OC)c(c1c23)c54. The Morgan fingerprint density at radius 3 is 1.52 bits per heavy atom. The van der Waals surface area contributed by atoms with Crippen LogP contribution in [0.25, 0.3) is 43.1 Å². The van der Waals surface area contributed by atoms with Crippen molar-refractivity contribution >= 4 is 55.0 Å². The smallest absolute Gasteiger partial charge is 0.342 e. The van der Waals surface area contributed by atoms with Crippen molar-refractivity contribution in [3.05, 3.63) is 43.7 Å². The Labute approximate surface area is 224 Å². The zero-order valence-corrected chi connectivity index (χ0v) is 22.1. The molecule has 0 aliphatic carbocycles. The van der Waals surface area contributed by atoms with Crippen LogP contribution in [-0.2, 0) is 9.47 Å². The molecule has 5 aromatic rings. The van der Waals surface area contributed by atoms with Crippen LogP contribution in [0.1, 0.15) is 20.7 Å². The minimum absolute atomic E-state index is 0.00189. The molecular weight excluding hydrogens is 528 g/mol. The van der Waals surface area contributed by atoms with Gasteiger partial charge in [0.1, 0.15) is 28.4 Å². The van der Waals surface area contributed by atoms with Crippen LogP contribution in [0.5, 0.6) is 34.5 Å². The van der Waals surface area contributed by atoms with Crippen LogP contribution in [-0.4, -0.2) is 64.8 Å². The van der Waals surface area contributed by atoms with E-state index in [1.54, 1.807) is 0 Å². The molecule has 0 radical (unpaired) electrons. The number of carbonyl (C=O) groups is 2. The summed E-state index contributed by atoms with van der Waals surface area (Å²) in [6, 6.07) is 2.30. The Morgan fingerprint density at radius 1 is 0.575 bits per heavy atom. The monoisotopic (exact) mass is 550 g/mol. The summed E-state index contributed by atoms with van der Waals surface area (Å²) < 4.78 is 31.9. The average Bonchev–Trinajstić information content (AvgIpc) is 2.95. The number of aromatic hydroxyl groups is 2. The van der Waals surface area contributed by atoms with E-state index in [9.17, 15) is 29.4 Å². The van der Waals surface area contributed by atoms with E-state index in [2.05, 4.69) is 0 Å². The zero-order chi connectivity index (χ0) is 29.2. The second-order valence-electron chi connectivity index (χ2n) is 8.65. The highest BCUT2D eigenvalue weighted by molar-refractivity contribution is 6.41. The molecule has 0 fully saturated rings. The fourth-order valence-corrected chi connectivity index (χ4v) is 5.49. The number of carbonyl (C=O) groups excluding carboxylic acids is 2. The number of rotatable bonds is 6. The zero-order valence-electron chi connectivity index (χ0n) is 22.1. The molecule has 0 amide bonds. The van der Waals surface area contributed by atoms with Gasteiger partial charge in [0.25, 0.3) is 0 Å². The van der Waals surface area contributed by atoms with Crippen LogP contribution in [0.4, 0.5) is 0 Å². The van der Waals surface area contributed by atoms with Gasteiger partial charge < -0.3 is 38.6 Å². The van der Waals surface area contributed by atoms with E-state index in [0.717, 1.165) is 27.4 Å².